The third kappa shape index (κ3) is 4.15. The number of allylic oxidation sites excluding steroid dienone is 5. The molecule has 3 rings (SSSR count). The predicted molar refractivity (Wildman–Crippen MR) is 103 cm³/mol. The molecule has 0 N–H and O–H groups in total. The van der Waals surface area contributed by atoms with Gasteiger partial charge in [-0.3, -0.25) is 4.99 Å². The first-order valence-corrected chi connectivity index (χ1v) is 9.25. The summed E-state index contributed by atoms with van der Waals surface area (Å²) in [6, 6.07) is 10.5. The SMILES string of the molecule is C=C(C1=CC(F)=CC1)C1CC=NC(C(C)Cc2ccccc2)=CS1. The van der Waals surface area contributed by atoms with Crippen LogP contribution in [0.5, 0.6) is 0 Å². The van der Waals surface area contributed by atoms with Crippen molar-refractivity contribution in [2.24, 2.45) is 10.9 Å². The van der Waals surface area contributed by atoms with Gasteiger partial charge in [0.2, 0.25) is 0 Å². The van der Waals surface area contributed by atoms with Crippen molar-refractivity contribution in [2.75, 3.05) is 0 Å². The van der Waals surface area contributed by atoms with Gasteiger partial charge < -0.3 is 0 Å². The fraction of sp³-hybridized carbons (Fsp3) is 0.286. The molecule has 1 aliphatic carbocycles. The number of thioether (sulfide) groups is 1. The van der Waals surface area contributed by atoms with Crippen LogP contribution in [0, 0.1) is 5.92 Å². The Morgan fingerprint density at radius 2 is 2.17 bits per heavy atom. The number of hydrogen-bond donors (Lipinski definition) is 0. The zero-order valence-corrected chi connectivity index (χ0v) is 14.7. The number of hydrogen-bond acceptors (Lipinski definition) is 2. The Hall–Kier alpha value is -1.87. The Kier molecular flexibility index (Phi) is 5.52. The van der Waals surface area contributed by atoms with E-state index < -0.39 is 0 Å². The molecule has 0 fully saturated rings. The zero-order chi connectivity index (χ0) is 16.9. The molecule has 2 atom stereocenters. The normalized spacial score (nSPS) is 21.6. The molecule has 124 valence electrons. The van der Waals surface area contributed by atoms with Crippen molar-refractivity contribution in [1.29, 1.82) is 0 Å². The first-order valence-electron chi connectivity index (χ1n) is 8.31. The summed E-state index contributed by atoms with van der Waals surface area (Å²) in [5, 5.41) is 2.40. The topological polar surface area (TPSA) is 12.4 Å². The minimum absolute atomic E-state index is 0.147. The van der Waals surface area contributed by atoms with E-state index in [-0.39, 0.29) is 11.1 Å². The van der Waals surface area contributed by atoms with Crippen LogP contribution in [0.4, 0.5) is 4.39 Å². The van der Waals surface area contributed by atoms with Gasteiger partial charge in [-0.2, -0.15) is 0 Å². The second kappa shape index (κ2) is 7.80. The van der Waals surface area contributed by atoms with Gasteiger partial charge in [0, 0.05) is 23.1 Å². The molecule has 24 heavy (non-hydrogen) atoms. The summed E-state index contributed by atoms with van der Waals surface area (Å²) in [7, 11) is 0. The average Bonchev–Trinajstić information content (AvgIpc) is 2.87. The van der Waals surface area contributed by atoms with Gasteiger partial charge in [-0.05, 0) is 53.5 Å². The lowest BCUT2D eigenvalue weighted by atomic mass is 9.99. The largest absolute Gasteiger partial charge is 0.265 e. The lowest BCUT2D eigenvalue weighted by molar-refractivity contribution is 0.668. The second-order valence-corrected chi connectivity index (χ2v) is 7.37. The number of halogens is 1. The molecule has 0 spiro atoms. The van der Waals surface area contributed by atoms with Crippen LogP contribution >= 0.6 is 11.8 Å². The lowest BCUT2D eigenvalue weighted by Gasteiger charge is -2.16. The van der Waals surface area contributed by atoms with Gasteiger partial charge in [-0.25, -0.2) is 4.39 Å². The third-order valence-electron chi connectivity index (χ3n) is 4.43. The van der Waals surface area contributed by atoms with Crippen LogP contribution in [0.1, 0.15) is 25.3 Å². The van der Waals surface area contributed by atoms with Crippen molar-refractivity contribution in [3.63, 3.8) is 0 Å². The van der Waals surface area contributed by atoms with Gasteiger partial charge >= 0.3 is 0 Å². The Bertz CT molecular complexity index is 727. The molecule has 0 aromatic heterocycles. The van der Waals surface area contributed by atoms with Crippen molar-refractivity contribution in [3.05, 3.63) is 82.7 Å². The monoisotopic (exact) mass is 339 g/mol. The number of nitrogens with zero attached hydrogens (tertiary/aromatic N) is 1. The number of benzene rings is 1. The molecule has 2 unspecified atom stereocenters. The molecule has 0 bridgehead atoms. The summed E-state index contributed by atoms with van der Waals surface area (Å²) in [6.07, 6.45) is 7.67. The summed E-state index contributed by atoms with van der Waals surface area (Å²) < 4.78 is 13.3. The van der Waals surface area contributed by atoms with Crippen molar-refractivity contribution >= 4 is 18.0 Å². The fourth-order valence-electron chi connectivity index (χ4n) is 2.95. The summed E-state index contributed by atoms with van der Waals surface area (Å²) in [6.45, 7) is 6.41. The van der Waals surface area contributed by atoms with Crippen molar-refractivity contribution < 1.29 is 4.39 Å². The first kappa shape index (κ1) is 17.0. The van der Waals surface area contributed by atoms with Crippen LogP contribution in [-0.2, 0) is 6.42 Å². The molecule has 0 saturated heterocycles. The zero-order valence-electron chi connectivity index (χ0n) is 13.9. The van der Waals surface area contributed by atoms with Crippen LogP contribution < -0.4 is 0 Å². The van der Waals surface area contributed by atoms with Gasteiger partial charge in [-0.1, -0.05) is 43.8 Å². The highest BCUT2D eigenvalue weighted by Crippen LogP contribution is 2.35. The molecule has 3 heteroatoms. The minimum Gasteiger partial charge on any atom is -0.265 e. The molecular formula is C21H22FNS. The van der Waals surface area contributed by atoms with Crippen LogP contribution in [0.2, 0.25) is 0 Å². The van der Waals surface area contributed by atoms with Crippen LogP contribution in [0.25, 0.3) is 0 Å². The minimum atomic E-state index is -0.147. The third-order valence-corrected chi connectivity index (χ3v) is 5.62. The Morgan fingerprint density at radius 3 is 2.88 bits per heavy atom. The molecule has 1 aliphatic heterocycles. The Morgan fingerprint density at radius 1 is 1.38 bits per heavy atom. The Balaban J connectivity index is 1.64. The molecule has 0 saturated carbocycles. The smallest absolute Gasteiger partial charge is 0.119 e. The van der Waals surface area contributed by atoms with E-state index in [4.69, 9.17) is 0 Å². The fourth-order valence-corrected chi connectivity index (χ4v) is 4.06. The summed E-state index contributed by atoms with van der Waals surface area (Å²) >= 11 is 1.75. The predicted octanol–water partition coefficient (Wildman–Crippen LogP) is 6.02. The molecular weight excluding hydrogens is 317 g/mol. The van der Waals surface area contributed by atoms with Gasteiger partial charge in [0.15, 0.2) is 0 Å². The molecule has 1 aromatic rings. The van der Waals surface area contributed by atoms with E-state index in [1.165, 1.54) is 5.56 Å². The summed E-state index contributed by atoms with van der Waals surface area (Å²) in [4.78, 5) is 4.66. The van der Waals surface area contributed by atoms with Gasteiger partial charge in [0.25, 0.3) is 0 Å². The average molecular weight is 339 g/mol. The lowest BCUT2D eigenvalue weighted by Crippen LogP contribution is -2.06. The van der Waals surface area contributed by atoms with Crippen LogP contribution in [0.3, 0.4) is 0 Å². The molecule has 1 aromatic carbocycles. The van der Waals surface area contributed by atoms with E-state index >= 15 is 0 Å². The molecule has 1 nitrogen and oxygen atoms in total. The van der Waals surface area contributed by atoms with E-state index in [1.54, 1.807) is 23.9 Å². The maximum absolute atomic E-state index is 13.3. The van der Waals surface area contributed by atoms with Crippen molar-refractivity contribution in [1.82, 2.24) is 0 Å². The highest BCUT2D eigenvalue weighted by Gasteiger charge is 2.20. The molecule has 1 heterocycles. The van der Waals surface area contributed by atoms with E-state index in [1.807, 2.05) is 12.3 Å². The summed E-state index contributed by atoms with van der Waals surface area (Å²) in [5.41, 5.74) is 4.47. The van der Waals surface area contributed by atoms with E-state index in [9.17, 15) is 4.39 Å². The van der Waals surface area contributed by atoms with Crippen molar-refractivity contribution in [2.45, 2.75) is 31.4 Å². The molecule has 2 aliphatic rings. The van der Waals surface area contributed by atoms with Crippen molar-refractivity contribution in [3.8, 4) is 0 Å². The van der Waals surface area contributed by atoms with E-state index in [0.717, 1.165) is 29.7 Å². The Labute approximate surface area is 147 Å². The van der Waals surface area contributed by atoms with Crippen LogP contribution in [0.15, 0.2) is 82.1 Å². The highest BCUT2D eigenvalue weighted by molar-refractivity contribution is 8.03. The van der Waals surface area contributed by atoms with E-state index in [0.29, 0.717) is 12.3 Å². The molecule has 0 radical (unpaired) electrons. The van der Waals surface area contributed by atoms with Gasteiger partial charge in [0.1, 0.15) is 5.83 Å². The molecule has 0 amide bonds. The highest BCUT2D eigenvalue weighted by atomic mass is 32.2. The van der Waals surface area contributed by atoms with Crippen LogP contribution in [-0.4, -0.2) is 11.5 Å². The van der Waals surface area contributed by atoms with E-state index in [2.05, 4.69) is 48.2 Å². The summed E-state index contributed by atoms with van der Waals surface area (Å²) in [5.74, 6) is 0.221. The van der Waals surface area contributed by atoms with Gasteiger partial charge in [-0.15, -0.1) is 11.8 Å². The second-order valence-electron chi connectivity index (χ2n) is 6.29. The number of aliphatic imine (C=N–C) groups is 1. The quantitative estimate of drug-likeness (QED) is 0.638. The maximum Gasteiger partial charge on any atom is 0.119 e. The standard InChI is InChI=1S/C21H22FNS/c1-15(12-17-6-4-3-5-7-17)20-14-24-21(10-11-23-20)16(2)18-8-9-19(22)13-18/h3-7,9,11,13-15,21H,2,8,10,12H2,1H3. The maximum atomic E-state index is 13.3. The first-order chi connectivity index (χ1) is 11.6. The number of rotatable bonds is 5. The van der Waals surface area contributed by atoms with Gasteiger partial charge in [0.05, 0.1) is 0 Å².